The summed E-state index contributed by atoms with van der Waals surface area (Å²) in [5, 5.41) is 10.6. The average Bonchev–Trinajstić information content (AvgIpc) is 3.15. The summed E-state index contributed by atoms with van der Waals surface area (Å²) in [6.45, 7) is 4.48. The largest absolute Gasteiger partial charge is 0.404 e. The van der Waals surface area contributed by atoms with E-state index in [-0.39, 0.29) is 35.5 Å². The van der Waals surface area contributed by atoms with Gasteiger partial charge in [-0.15, -0.1) is 0 Å². The molecule has 0 aromatic rings. The molecule has 5 rings (SSSR count). The van der Waals surface area contributed by atoms with Crippen molar-refractivity contribution in [1.29, 1.82) is 0 Å². The fourth-order valence-electron chi connectivity index (χ4n) is 9.06. The molecular formula is C28H43FN2O2. The smallest absolute Gasteiger partial charge is 0.157 e. The van der Waals surface area contributed by atoms with Crippen molar-refractivity contribution in [2.45, 2.75) is 109 Å². The molecule has 0 aromatic heterocycles. The Morgan fingerprint density at radius 3 is 2.67 bits per heavy atom. The predicted octanol–water partition coefficient (Wildman–Crippen LogP) is 5.53. The van der Waals surface area contributed by atoms with Crippen LogP contribution in [0.2, 0.25) is 0 Å². The van der Waals surface area contributed by atoms with E-state index in [4.69, 9.17) is 10.7 Å². The number of fused-ring (bicyclic) bond motifs is 5. The summed E-state index contributed by atoms with van der Waals surface area (Å²) in [6, 6.07) is 0. The summed E-state index contributed by atoms with van der Waals surface area (Å²) < 4.78 is 16.5. The molecule has 0 saturated heterocycles. The minimum Gasteiger partial charge on any atom is -0.404 e. The molecule has 0 radical (unpaired) electrons. The first-order valence-electron chi connectivity index (χ1n) is 13.6. The number of allylic oxidation sites excluding steroid dienone is 1. The van der Waals surface area contributed by atoms with Crippen LogP contribution in [-0.2, 0) is 4.79 Å². The van der Waals surface area contributed by atoms with Crippen LogP contribution in [0.15, 0.2) is 16.8 Å². The summed E-state index contributed by atoms with van der Waals surface area (Å²) in [4.78, 5) is 18.1. The molecule has 5 aliphatic carbocycles. The molecule has 33 heavy (non-hydrogen) atoms. The van der Waals surface area contributed by atoms with Crippen molar-refractivity contribution < 1.29 is 14.3 Å². The number of rotatable bonds is 3. The van der Waals surface area contributed by atoms with Gasteiger partial charge in [0.2, 0.25) is 0 Å². The minimum absolute atomic E-state index is 0.00167. The number of aliphatic hydroxyl groups is 1. The van der Waals surface area contributed by atoms with Crippen molar-refractivity contribution in [3.05, 3.63) is 11.8 Å². The van der Waals surface area contributed by atoms with Crippen molar-refractivity contribution in [1.82, 2.24) is 0 Å². The summed E-state index contributed by atoms with van der Waals surface area (Å²) in [5.41, 5.74) is 6.10. The van der Waals surface area contributed by atoms with Crippen molar-refractivity contribution in [2.24, 2.45) is 45.7 Å². The van der Waals surface area contributed by atoms with E-state index in [9.17, 15) is 9.90 Å². The molecule has 0 aromatic carbocycles. The Bertz CT molecular complexity index is 851. The molecule has 0 spiro atoms. The molecule has 5 heteroatoms. The van der Waals surface area contributed by atoms with Crippen molar-refractivity contribution in [3.8, 4) is 0 Å². The van der Waals surface area contributed by atoms with E-state index in [2.05, 4.69) is 6.92 Å². The quantitative estimate of drug-likeness (QED) is 0.584. The van der Waals surface area contributed by atoms with Gasteiger partial charge >= 0.3 is 0 Å². The van der Waals surface area contributed by atoms with Crippen LogP contribution >= 0.6 is 0 Å². The molecule has 184 valence electrons. The second-order valence-corrected chi connectivity index (χ2v) is 12.6. The SMILES string of the molecule is C[C@@]1(O)CC[C@@]2(F)[C@H](CC[C@H]3[C@@H]4CC[C@H](C(=O)CN=C5CCCCC5=CN)[C@@]4(C)CC[C@@H]32)C1. The van der Waals surface area contributed by atoms with Crippen molar-refractivity contribution in [2.75, 3.05) is 6.54 Å². The van der Waals surface area contributed by atoms with Gasteiger partial charge < -0.3 is 10.8 Å². The number of hydrogen-bond donors (Lipinski definition) is 2. The number of ketones is 1. The Morgan fingerprint density at radius 1 is 1.09 bits per heavy atom. The molecule has 0 aliphatic heterocycles. The monoisotopic (exact) mass is 458 g/mol. The number of carbonyl (C=O) groups excluding carboxylic acids is 1. The van der Waals surface area contributed by atoms with E-state index in [1.165, 1.54) is 0 Å². The second kappa shape index (κ2) is 8.46. The minimum atomic E-state index is -1.12. The molecule has 0 unspecified atom stereocenters. The fourth-order valence-corrected chi connectivity index (χ4v) is 9.06. The summed E-state index contributed by atoms with van der Waals surface area (Å²) in [6.07, 6.45) is 13.3. The van der Waals surface area contributed by atoms with E-state index in [1.54, 1.807) is 6.20 Å². The van der Waals surface area contributed by atoms with E-state index in [0.29, 0.717) is 31.1 Å². The maximum Gasteiger partial charge on any atom is 0.157 e. The van der Waals surface area contributed by atoms with Crippen LogP contribution in [0.1, 0.15) is 97.3 Å². The second-order valence-electron chi connectivity index (χ2n) is 12.6. The lowest BCUT2D eigenvalue weighted by Crippen LogP contribution is -2.58. The van der Waals surface area contributed by atoms with Gasteiger partial charge in [-0.25, -0.2) is 4.39 Å². The number of nitrogens with zero attached hydrogens (tertiary/aromatic N) is 1. The molecule has 8 atom stereocenters. The van der Waals surface area contributed by atoms with Gasteiger partial charge in [-0.2, -0.15) is 0 Å². The highest BCUT2D eigenvalue weighted by molar-refractivity contribution is 6.01. The third kappa shape index (κ3) is 3.90. The van der Waals surface area contributed by atoms with Crippen molar-refractivity contribution >= 4 is 11.5 Å². The predicted molar refractivity (Wildman–Crippen MR) is 130 cm³/mol. The molecule has 4 nitrogen and oxygen atoms in total. The van der Waals surface area contributed by atoms with Crippen LogP contribution in [0.3, 0.4) is 0 Å². The van der Waals surface area contributed by atoms with E-state index >= 15 is 4.39 Å². The van der Waals surface area contributed by atoms with E-state index < -0.39 is 11.3 Å². The molecule has 5 fully saturated rings. The molecule has 0 amide bonds. The Labute approximate surface area is 198 Å². The van der Waals surface area contributed by atoms with Gasteiger partial charge in [0.25, 0.3) is 0 Å². The normalized spacial score (nSPS) is 50.0. The van der Waals surface area contributed by atoms with E-state index in [0.717, 1.165) is 75.5 Å². The number of carbonyl (C=O) groups is 1. The Morgan fingerprint density at radius 2 is 1.88 bits per heavy atom. The molecule has 5 aliphatic rings. The summed E-state index contributed by atoms with van der Waals surface area (Å²) in [5.74, 6) is 1.29. The number of nitrogens with two attached hydrogens (primary N) is 1. The van der Waals surface area contributed by atoms with Gasteiger partial charge in [0.1, 0.15) is 5.67 Å². The zero-order chi connectivity index (χ0) is 23.4. The lowest BCUT2D eigenvalue weighted by Gasteiger charge is -2.59. The highest BCUT2D eigenvalue weighted by Crippen LogP contribution is 2.66. The number of halogens is 1. The van der Waals surface area contributed by atoms with Crippen LogP contribution in [0.25, 0.3) is 0 Å². The van der Waals surface area contributed by atoms with Crippen LogP contribution < -0.4 is 5.73 Å². The number of hydrogen-bond acceptors (Lipinski definition) is 4. The third-order valence-corrected chi connectivity index (χ3v) is 10.8. The first-order valence-corrected chi connectivity index (χ1v) is 13.6. The first-order chi connectivity index (χ1) is 15.7. The van der Waals surface area contributed by atoms with Crippen LogP contribution in [0.5, 0.6) is 0 Å². The highest BCUT2D eigenvalue weighted by atomic mass is 19.1. The van der Waals surface area contributed by atoms with Gasteiger partial charge in [0, 0.05) is 11.6 Å². The Hall–Kier alpha value is -1.23. The van der Waals surface area contributed by atoms with Gasteiger partial charge in [0.15, 0.2) is 5.78 Å². The average molecular weight is 459 g/mol. The lowest BCUT2D eigenvalue weighted by molar-refractivity contribution is -0.165. The topological polar surface area (TPSA) is 75.7 Å². The number of Topliss-reactive ketones (excluding diaryl/α,β-unsaturated/α-hetero) is 1. The number of aliphatic imine (C=N–C) groups is 1. The molecule has 5 saturated carbocycles. The van der Waals surface area contributed by atoms with Gasteiger partial charge in [-0.05, 0) is 131 Å². The van der Waals surface area contributed by atoms with Crippen LogP contribution in [0.4, 0.5) is 4.39 Å². The first kappa shape index (κ1) is 23.5. The zero-order valence-electron chi connectivity index (χ0n) is 20.6. The molecule has 3 N–H and O–H groups in total. The molecule has 0 bridgehead atoms. The fraction of sp³-hybridized carbons (Fsp3) is 0.857. The van der Waals surface area contributed by atoms with Gasteiger partial charge in [-0.1, -0.05) is 6.92 Å². The molecular weight excluding hydrogens is 415 g/mol. The van der Waals surface area contributed by atoms with Gasteiger partial charge in [0.05, 0.1) is 12.1 Å². The molecule has 0 heterocycles. The van der Waals surface area contributed by atoms with Crippen LogP contribution in [-0.4, -0.2) is 34.4 Å². The number of alkyl halides is 1. The maximum atomic E-state index is 16.5. The lowest BCUT2D eigenvalue weighted by atomic mass is 9.48. The Kier molecular flexibility index (Phi) is 6.03. The standard InChI is InChI=1S/C28H43FN2O2/c1-26(33)13-14-28(29)19(15-26)7-8-20-21-9-10-23(27(21,2)12-11-22(20)28)25(32)17-31-24-6-4-3-5-18(24)16-30/h16,19-23,33H,3-15,17,30H2,1-2H3/t19-,20+,21+,22+,23-,26-,27+,28-/m1/s1. The third-order valence-electron chi connectivity index (χ3n) is 10.8. The van der Waals surface area contributed by atoms with E-state index in [1.807, 2.05) is 6.92 Å². The van der Waals surface area contributed by atoms with Gasteiger partial charge in [-0.3, -0.25) is 9.79 Å². The highest BCUT2D eigenvalue weighted by Gasteiger charge is 2.63. The Balaban J connectivity index is 1.30. The zero-order valence-corrected chi connectivity index (χ0v) is 20.6. The summed E-state index contributed by atoms with van der Waals surface area (Å²) >= 11 is 0. The maximum absolute atomic E-state index is 16.5. The summed E-state index contributed by atoms with van der Waals surface area (Å²) in [7, 11) is 0. The van der Waals surface area contributed by atoms with Crippen LogP contribution in [0, 0.1) is 35.0 Å². The van der Waals surface area contributed by atoms with Crippen molar-refractivity contribution in [3.63, 3.8) is 0 Å².